The number of hydrogen-bond donors (Lipinski definition) is 1. The fourth-order valence-corrected chi connectivity index (χ4v) is 8.50. The van der Waals surface area contributed by atoms with Gasteiger partial charge in [-0.2, -0.15) is 5.26 Å². The third-order valence-electron chi connectivity index (χ3n) is 11.3. The van der Waals surface area contributed by atoms with Crippen molar-refractivity contribution in [3.63, 3.8) is 0 Å². The number of rotatable bonds is 15. The fourth-order valence-electron chi connectivity index (χ4n) is 8.26. The average Bonchev–Trinajstić information content (AvgIpc) is 3.83. The number of likely N-dealkylation sites (tertiary alicyclic amines) is 1. The molecule has 3 aliphatic rings. The first-order chi connectivity index (χ1) is 27.3. The summed E-state index contributed by atoms with van der Waals surface area (Å²) in [5.74, 6) is 2.62. The Kier molecular flexibility index (Phi) is 12.9. The molecule has 1 N–H and O–H groups in total. The maximum Gasteiger partial charge on any atom is 0.188 e. The molecule has 7 rings (SSSR count). The van der Waals surface area contributed by atoms with Crippen LogP contribution in [-0.2, 0) is 24.4 Å². The van der Waals surface area contributed by atoms with Crippen LogP contribution in [0.2, 0.25) is 5.02 Å². The van der Waals surface area contributed by atoms with Crippen LogP contribution in [0.25, 0.3) is 16.0 Å². The molecule has 0 spiro atoms. The van der Waals surface area contributed by atoms with Crippen molar-refractivity contribution < 1.29 is 23.4 Å². The molecule has 1 saturated heterocycles. The van der Waals surface area contributed by atoms with E-state index in [1.165, 1.54) is 11.1 Å². The van der Waals surface area contributed by atoms with Crippen molar-refractivity contribution in [1.82, 2.24) is 10.2 Å². The van der Waals surface area contributed by atoms with E-state index in [4.69, 9.17) is 32.4 Å². The second kappa shape index (κ2) is 18.3. The number of ketones is 1. The van der Waals surface area contributed by atoms with E-state index >= 15 is 0 Å². The third kappa shape index (κ3) is 9.53. The van der Waals surface area contributed by atoms with E-state index in [-0.39, 0.29) is 12.7 Å². The number of halogens is 2. The smallest absolute Gasteiger partial charge is 0.188 e. The first-order valence-corrected chi connectivity index (χ1v) is 20.1. The van der Waals surface area contributed by atoms with Crippen molar-refractivity contribution >= 4 is 23.1 Å². The molecule has 4 aromatic rings. The van der Waals surface area contributed by atoms with Crippen molar-refractivity contribution in [2.24, 2.45) is 5.92 Å². The van der Waals surface area contributed by atoms with Gasteiger partial charge in [0.25, 0.3) is 0 Å². The number of carbonyl (C=O) groups is 1. The number of nitriles is 1. The molecule has 0 unspecified atom stereocenters. The highest BCUT2D eigenvalue weighted by Crippen LogP contribution is 2.44. The molecular formula is C46H48ClFN4O4. The number of carbonyl (C=O) groups excluding carboxylic acids is 1. The summed E-state index contributed by atoms with van der Waals surface area (Å²) in [6.07, 6.45) is 5.06. The van der Waals surface area contributed by atoms with E-state index in [0.29, 0.717) is 83.9 Å². The zero-order chi connectivity index (χ0) is 39.0. The van der Waals surface area contributed by atoms with Crippen molar-refractivity contribution in [2.45, 2.75) is 83.7 Å². The zero-order valence-corrected chi connectivity index (χ0v) is 32.7. The lowest BCUT2D eigenvalue weighted by Crippen LogP contribution is -2.35. The van der Waals surface area contributed by atoms with Crippen LogP contribution in [0.3, 0.4) is 0 Å². The zero-order valence-electron chi connectivity index (χ0n) is 31.9. The number of ether oxygens (including phenoxy) is 3. The molecule has 0 bridgehead atoms. The molecule has 290 valence electrons. The number of fused-ring (bicyclic) bond motifs is 1. The standard InChI is InChI=1S/C46H48ClFN4O4/c1-30-38(6-4-9-43(30)54-19-5-16-52-17-14-35(48)15-18-52)39-7-3-8-41-40(39)12-13-44(41)56-46-25-45(55-29-33-20-32(26-49)21-36(22-33)50-2)34(24-42(46)47)28-51-27-31-10-11-37(53)23-31/h3-4,6-9,20-22,24-25,31,35,44,51H,5,10-19,23,27-29H2,1H3/t31-,44-/m0/s1. The summed E-state index contributed by atoms with van der Waals surface area (Å²) in [6.45, 7) is 14.1. The minimum Gasteiger partial charge on any atom is -0.493 e. The summed E-state index contributed by atoms with van der Waals surface area (Å²) in [5.41, 5.74) is 8.13. The fraction of sp³-hybridized carbons (Fsp3) is 0.413. The molecule has 56 heavy (non-hydrogen) atoms. The lowest BCUT2D eigenvalue weighted by molar-refractivity contribution is -0.117. The molecule has 0 amide bonds. The lowest BCUT2D eigenvalue weighted by Gasteiger charge is -2.28. The van der Waals surface area contributed by atoms with Gasteiger partial charge in [0.05, 0.1) is 24.3 Å². The van der Waals surface area contributed by atoms with Gasteiger partial charge in [-0.25, -0.2) is 9.24 Å². The van der Waals surface area contributed by atoms with Crippen LogP contribution in [0.4, 0.5) is 10.1 Å². The largest absolute Gasteiger partial charge is 0.493 e. The Morgan fingerprint density at radius 1 is 0.982 bits per heavy atom. The van der Waals surface area contributed by atoms with Crippen LogP contribution >= 0.6 is 11.6 Å². The topological polar surface area (TPSA) is 88.2 Å². The number of hydrogen-bond acceptors (Lipinski definition) is 7. The molecule has 2 fully saturated rings. The van der Waals surface area contributed by atoms with E-state index in [1.54, 1.807) is 18.2 Å². The highest BCUT2D eigenvalue weighted by Gasteiger charge is 2.29. The first kappa shape index (κ1) is 39.3. The molecular weight excluding hydrogens is 727 g/mol. The second-order valence-corrected chi connectivity index (χ2v) is 15.6. The predicted octanol–water partition coefficient (Wildman–Crippen LogP) is 10.0. The Morgan fingerprint density at radius 2 is 1.80 bits per heavy atom. The van der Waals surface area contributed by atoms with Gasteiger partial charge in [-0.3, -0.25) is 4.79 Å². The molecule has 0 aromatic heterocycles. The normalized spacial score (nSPS) is 18.3. The van der Waals surface area contributed by atoms with Crippen molar-refractivity contribution in [1.29, 1.82) is 5.26 Å². The van der Waals surface area contributed by atoms with Crippen LogP contribution < -0.4 is 19.5 Å². The van der Waals surface area contributed by atoms with Crippen molar-refractivity contribution in [3.05, 3.63) is 117 Å². The molecule has 10 heteroatoms. The van der Waals surface area contributed by atoms with Gasteiger partial charge in [0.1, 0.15) is 41.9 Å². The summed E-state index contributed by atoms with van der Waals surface area (Å²) in [6, 6.07) is 23.5. The number of benzene rings is 4. The van der Waals surface area contributed by atoms with Gasteiger partial charge >= 0.3 is 0 Å². The number of nitrogens with one attached hydrogen (secondary N) is 1. The Hall–Kier alpha value is -4.93. The monoisotopic (exact) mass is 774 g/mol. The van der Waals surface area contributed by atoms with Crippen LogP contribution in [0, 0.1) is 30.7 Å². The Morgan fingerprint density at radius 3 is 2.59 bits per heavy atom. The summed E-state index contributed by atoms with van der Waals surface area (Å²) in [4.78, 5) is 17.7. The van der Waals surface area contributed by atoms with Crippen LogP contribution in [0.15, 0.2) is 66.7 Å². The van der Waals surface area contributed by atoms with Gasteiger partial charge in [-0.1, -0.05) is 41.9 Å². The van der Waals surface area contributed by atoms with Gasteiger partial charge < -0.3 is 24.4 Å². The van der Waals surface area contributed by atoms with E-state index in [2.05, 4.69) is 58.4 Å². The first-order valence-electron chi connectivity index (χ1n) is 19.7. The van der Waals surface area contributed by atoms with Gasteiger partial charge in [-0.15, -0.1) is 0 Å². The summed E-state index contributed by atoms with van der Waals surface area (Å²) in [7, 11) is 0. The van der Waals surface area contributed by atoms with Crippen LogP contribution in [-0.4, -0.2) is 49.6 Å². The number of alkyl halides is 1. The van der Waals surface area contributed by atoms with E-state index in [0.717, 1.165) is 79.9 Å². The molecule has 1 saturated carbocycles. The molecule has 8 nitrogen and oxygen atoms in total. The predicted molar refractivity (Wildman–Crippen MR) is 216 cm³/mol. The number of nitrogens with zero attached hydrogens (tertiary/aromatic N) is 3. The minimum atomic E-state index is -0.659. The number of Topliss-reactive ketones (excluding diaryl/α,β-unsaturated/α-hetero) is 1. The molecule has 2 aliphatic carbocycles. The quantitative estimate of drug-likeness (QED) is 0.0951. The lowest BCUT2D eigenvalue weighted by atomic mass is 9.93. The molecule has 2 atom stereocenters. The molecule has 4 aromatic carbocycles. The summed E-state index contributed by atoms with van der Waals surface area (Å²) >= 11 is 6.94. The Labute approximate surface area is 334 Å². The maximum absolute atomic E-state index is 13.5. The van der Waals surface area contributed by atoms with Gasteiger partial charge in [-0.05, 0) is 122 Å². The van der Waals surface area contributed by atoms with Gasteiger partial charge in [0.2, 0.25) is 0 Å². The number of piperidine rings is 1. The van der Waals surface area contributed by atoms with E-state index in [9.17, 15) is 14.4 Å². The minimum absolute atomic E-state index is 0.153. The van der Waals surface area contributed by atoms with Crippen molar-refractivity contribution in [2.75, 3.05) is 32.8 Å². The van der Waals surface area contributed by atoms with Crippen molar-refractivity contribution in [3.8, 4) is 34.4 Å². The van der Waals surface area contributed by atoms with Crippen LogP contribution in [0.1, 0.15) is 84.4 Å². The van der Waals surface area contributed by atoms with Crippen LogP contribution in [0.5, 0.6) is 17.2 Å². The molecule has 0 radical (unpaired) electrons. The SMILES string of the molecule is [C-]#[N+]c1cc(C#N)cc(COc2cc(O[C@H]3CCc4c(-c5cccc(OCCCN6CCC(F)CC6)c5C)cccc43)c(Cl)cc2CNC[C@H]2CCC(=O)C2)c1. The molecule has 1 aliphatic heterocycles. The third-order valence-corrected chi connectivity index (χ3v) is 11.6. The van der Waals surface area contributed by atoms with E-state index < -0.39 is 6.17 Å². The second-order valence-electron chi connectivity index (χ2n) is 15.2. The summed E-state index contributed by atoms with van der Waals surface area (Å²) < 4.78 is 32.9. The summed E-state index contributed by atoms with van der Waals surface area (Å²) in [5, 5.41) is 13.5. The van der Waals surface area contributed by atoms with E-state index in [1.807, 2.05) is 18.2 Å². The Balaban J connectivity index is 1.07. The Bertz CT molecular complexity index is 2100. The maximum atomic E-state index is 13.5. The highest BCUT2D eigenvalue weighted by molar-refractivity contribution is 6.32. The van der Waals surface area contributed by atoms with Gasteiger partial charge in [0.15, 0.2) is 5.69 Å². The van der Waals surface area contributed by atoms with Gasteiger partial charge in [0, 0.05) is 56.2 Å². The average molecular weight is 775 g/mol. The highest BCUT2D eigenvalue weighted by atomic mass is 35.5. The molecule has 1 heterocycles.